The van der Waals surface area contributed by atoms with Gasteiger partial charge in [0.2, 0.25) is 0 Å². The van der Waals surface area contributed by atoms with Crippen LogP contribution in [0.4, 0.5) is 9.18 Å². The fourth-order valence-electron chi connectivity index (χ4n) is 4.11. The molecule has 0 bridgehead atoms. The first-order chi connectivity index (χ1) is 15.1. The molecular formula is C24H20FN3O3. The Balaban J connectivity index is 1.53. The number of amides is 1. The Labute approximate surface area is 178 Å². The number of imidazole rings is 1. The van der Waals surface area contributed by atoms with E-state index in [1.807, 2.05) is 53.1 Å². The molecule has 1 amide bonds. The van der Waals surface area contributed by atoms with E-state index in [1.54, 1.807) is 12.1 Å². The Morgan fingerprint density at radius 1 is 1.00 bits per heavy atom. The monoisotopic (exact) mass is 417 g/mol. The summed E-state index contributed by atoms with van der Waals surface area (Å²) < 4.78 is 20.9. The number of hydrogen-bond acceptors (Lipinski definition) is 3. The van der Waals surface area contributed by atoms with Crippen molar-refractivity contribution in [3.05, 3.63) is 84.4 Å². The van der Waals surface area contributed by atoms with Crippen LogP contribution in [-0.4, -0.2) is 32.2 Å². The molecule has 7 heteroatoms. The second-order valence-corrected chi connectivity index (χ2v) is 7.48. The van der Waals surface area contributed by atoms with E-state index < -0.39 is 6.09 Å². The highest BCUT2D eigenvalue weighted by Crippen LogP contribution is 2.35. The van der Waals surface area contributed by atoms with Gasteiger partial charge in [0, 0.05) is 12.2 Å². The van der Waals surface area contributed by atoms with Crippen LogP contribution in [0.15, 0.2) is 72.8 Å². The Morgan fingerprint density at radius 3 is 2.39 bits per heavy atom. The Kier molecular flexibility index (Phi) is 4.78. The van der Waals surface area contributed by atoms with Crippen molar-refractivity contribution in [1.82, 2.24) is 14.5 Å². The molecule has 31 heavy (non-hydrogen) atoms. The molecule has 156 valence electrons. The van der Waals surface area contributed by atoms with E-state index in [-0.39, 0.29) is 11.9 Å². The van der Waals surface area contributed by atoms with Gasteiger partial charge in [-0.15, -0.1) is 0 Å². The molecule has 6 nitrogen and oxygen atoms in total. The predicted octanol–water partition coefficient (Wildman–Crippen LogP) is 5.77. The molecule has 1 atom stereocenters. The van der Waals surface area contributed by atoms with Crippen LogP contribution in [0.1, 0.15) is 24.7 Å². The zero-order valence-corrected chi connectivity index (χ0v) is 16.6. The average molecular weight is 417 g/mol. The molecule has 0 spiro atoms. The van der Waals surface area contributed by atoms with Crippen LogP contribution >= 0.6 is 0 Å². The van der Waals surface area contributed by atoms with Crippen molar-refractivity contribution in [2.45, 2.75) is 18.9 Å². The van der Waals surface area contributed by atoms with Gasteiger partial charge in [0.25, 0.3) is 0 Å². The molecule has 1 aliphatic rings. The molecule has 0 radical (unpaired) electrons. The van der Waals surface area contributed by atoms with Gasteiger partial charge in [-0.25, -0.2) is 14.2 Å². The fourth-order valence-corrected chi connectivity index (χ4v) is 4.11. The van der Waals surface area contributed by atoms with Crippen molar-refractivity contribution in [3.8, 4) is 17.2 Å². The second kappa shape index (κ2) is 7.75. The van der Waals surface area contributed by atoms with E-state index in [2.05, 4.69) is 0 Å². The third kappa shape index (κ3) is 3.59. The highest BCUT2D eigenvalue weighted by Gasteiger charge is 2.34. The first kappa shape index (κ1) is 19.1. The van der Waals surface area contributed by atoms with Crippen LogP contribution in [0, 0.1) is 5.82 Å². The number of fused-ring (bicyclic) bond motifs is 1. The second-order valence-electron chi connectivity index (χ2n) is 7.48. The van der Waals surface area contributed by atoms with Gasteiger partial charge in [-0.2, -0.15) is 0 Å². The van der Waals surface area contributed by atoms with Crippen molar-refractivity contribution in [2.75, 3.05) is 6.54 Å². The summed E-state index contributed by atoms with van der Waals surface area (Å²) in [6, 6.07) is 20.8. The maximum absolute atomic E-state index is 13.1. The molecule has 1 N–H and O–H groups in total. The smallest absolute Gasteiger partial charge is 0.407 e. The molecule has 5 rings (SSSR count). The summed E-state index contributed by atoms with van der Waals surface area (Å²) in [5.41, 5.74) is 2.61. The number of halogens is 1. The minimum absolute atomic E-state index is 0.292. The van der Waals surface area contributed by atoms with E-state index >= 15 is 0 Å². The van der Waals surface area contributed by atoms with Gasteiger partial charge in [-0.3, -0.25) is 9.47 Å². The van der Waals surface area contributed by atoms with Crippen LogP contribution in [-0.2, 0) is 0 Å². The normalized spacial score (nSPS) is 16.0. The van der Waals surface area contributed by atoms with E-state index in [0.29, 0.717) is 23.9 Å². The van der Waals surface area contributed by atoms with Crippen LogP contribution in [0.25, 0.3) is 16.7 Å². The molecule has 2 heterocycles. The quantitative estimate of drug-likeness (QED) is 0.458. The van der Waals surface area contributed by atoms with E-state index in [4.69, 9.17) is 9.72 Å². The molecule has 0 aliphatic carbocycles. The van der Waals surface area contributed by atoms with Crippen molar-refractivity contribution >= 4 is 17.1 Å². The van der Waals surface area contributed by atoms with Gasteiger partial charge < -0.3 is 9.84 Å². The lowest BCUT2D eigenvalue weighted by molar-refractivity contribution is 0.138. The number of likely N-dealkylation sites (tertiary alicyclic amines) is 1. The zero-order valence-electron chi connectivity index (χ0n) is 16.6. The van der Waals surface area contributed by atoms with Gasteiger partial charge in [0.05, 0.1) is 17.1 Å². The Hall–Kier alpha value is -3.87. The molecule has 1 aliphatic heterocycles. The summed E-state index contributed by atoms with van der Waals surface area (Å²) in [6.07, 6.45) is 0.621. The summed E-state index contributed by atoms with van der Waals surface area (Å²) in [5, 5.41) is 9.62. The van der Waals surface area contributed by atoms with E-state index in [9.17, 15) is 14.3 Å². The predicted molar refractivity (Wildman–Crippen MR) is 114 cm³/mol. The number of aromatic nitrogens is 2. The van der Waals surface area contributed by atoms with Crippen molar-refractivity contribution in [3.63, 3.8) is 0 Å². The van der Waals surface area contributed by atoms with E-state index in [0.717, 1.165) is 29.6 Å². The number of carbonyl (C=O) groups is 1. The Morgan fingerprint density at radius 2 is 1.68 bits per heavy atom. The van der Waals surface area contributed by atoms with Crippen LogP contribution in [0.2, 0.25) is 0 Å². The number of benzene rings is 3. The maximum atomic E-state index is 13.1. The first-order valence-corrected chi connectivity index (χ1v) is 10.1. The molecule has 1 saturated heterocycles. The lowest BCUT2D eigenvalue weighted by atomic mass is 10.2. The number of hydrogen-bond donors (Lipinski definition) is 1. The van der Waals surface area contributed by atoms with Crippen LogP contribution in [0.3, 0.4) is 0 Å². The fraction of sp³-hybridized carbons (Fsp3) is 0.167. The molecule has 1 aromatic heterocycles. The largest absolute Gasteiger partial charge is 0.465 e. The summed E-state index contributed by atoms with van der Waals surface area (Å²) in [5.74, 6) is 1.57. The van der Waals surface area contributed by atoms with Gasteiger partial charge >= 0.3 is 6.09 Å². The summed E-state index contributed by atoms with van der Waals surface area (Å²) >= 11 is 0. The topological polar surface area (TPSA) is 67.6 Å². The third-order valence-electron chi connectivity index (χ3n) is 5.53. The van der Waals surface area contributed by atoms with Gasteiger partial charge in [-0.05, 0) is 73.5 Å². The minimum Gasteiger partial charge on any atom is -0.465 e. The molecule has 1 unspecified atom stereocenters. The number of ether oxygens (including phenoxy) is 1. The minimum atomic E-state index is -0.927. The zero-order chi connectivity index (χ0) is 21.4. The number of para-hydroxylation sites is 2. The number of nitrogens with zero attached hydrogens (tertiary/aromatic N) is 3. The van der Waals surface area contributed by atoms with Crippen molar-refractivity contribution < 1.29 is 19.0 Å². The SMILES string of the molecule is O=C(O)N1CCCC1c1nc2ccccc2n1-c1ccc(Oc2ccc(F)cc2)cc1. The van der Waals surface area contributed by atoms with E-state index in [1.165, 1.54) is 17.0 Å². The highest BCUT2D eigenvalue weighted by atomic mass is 19.1. The number of carboxylic acid groups (broad SMARTS) is 1. The average Bonchev–Trinajstić information content (AvgIpc) is 3.41. The standard InChI is InChI=1S/C24H20FN3O3/c25-16-7-11-18(12-8-16)31-19-13-9-17(10-14-19)28-21-5-2-1-4-20(21)26-23(28)22-6-3-15-27(22)24(29)30/h1-2,4-5,7-14,22H,3,6,15H2,(H,29,30). The molecule has 0 saturated carbocycles. The van der Waals surface area contributed by atoms with Gasteiger partial charge in [-0.1, -0.05) is 12.1 Å². The Bertz CT molecular complexity index is 1240. The summed E-state index contributed by atoms with van der Waals surface area (Å²) in [6.45, 7) is 0.508. The maximum Gasteiger partial charge on any atom is 0.407 e. The third-order valence-corrected chi connectivity index (χ3v) is 5.53. The van der Waals surface area contributed by atoms with Crippen LogP contribution in [0.5, 0.6) is 11.5 Å². The first-order valence-electron chi connectivity index (χ1n) is 10.1. The van der Waals surface area contributed by atoms with Gasteiger partial charge in [0.15, 0.2) is 0 Å². The van der Waals surface area contributed by atoms with Crippen LogP contribution < -0.4 is 4.74 Å². The summed E-state index contributed by atoms with van der Waals surface area (Å²) in [4.78, 5) is 18.0. The number of rotatable bonds is 4. The lowest BCUT2D eigenvalue weighted by Crippen LogP contribution is -2.30. The molecule has 4 aromatic rings. The summed E-state index contributed by atoms with van der Waals surface area (Å²) in [7, 11) is 0. The van der Waals surface area contributed by atoms with Gasteiger partial charge in [0.1, 0.15) is 23.1 Å². The molecule has 1 fully saturated rings. The lowest BCUT2D eigenvalue weighted by Gasteiger charge is -2.22. The molecule has 3 aromatic carbocycles. The van der Waals surface area contributed by atoms with Crippen molar-refractivity contribution in [1.29, 1.82) is 0 Å². The van der Waals surface area contributed by atoms with Crippen molar-refractivity contribution in [2.24, 2.45) is 0 Å². The molecular weight excluding hydrogens is 397 g/mol. The highest BCUT2D eigenvalue weighted by molar-refractivity contribution is 5.78.